The molecule has 0 aliphatic rings. The summed E-state index contributed by atoms with van der Waals surface area (Å²) in [6, 6.07) is 9.72. The molecule has 0 spiro atoms. The van der Waals surface area contributed by atoms with E-state index in [0.29, 0.717) is 16.5 Å². The first-order valence-corrected chi connectivity index (χ1v) is 6.37. The zero-order valence-electron chi connectivity index (χ0n) is 10.7. The number of benzene rings is 1. The molecule has 1 aromatic carbocycles. The molecule has 0 aliphatic carbocycles. The maximum atomic E-state index is 6.07. The Hall–Kier alpha value is -2.00. The van der Waals surface area contributed by atoms with Crippen molar-refractivity contribution in [3.63, 3.8) is 0 Å². The van der Waals surface area contributed by atoms with E-state index in [1.54, 1.807) is 6.20 Å². The number of rotatable bonds is 1. The van der Waals surface area contributed by atoms with Gasteiger partial charge in [0.2, 0.25) is 0 Å². The summed E-state index contributed by atoms with van der Waals surface area (Å²) in [6.07, 6.45) is 1.79. The van der Waals surface area contributed by atoms with Crippen molar-refractivity contribution in [2.45, 2.75) is 13.8 Å². The predicted molar refractivity (Wildman–Crippen MR) is 77.3 cm³/mol. The van der Waals surface area contributed by atoms with Gasteiger partial charge in [-0.25, -0.2) is 15.0 Å². The summed E-state index contributed by atoms with van der Waals surface area (Å²) in [5, 5.41) is 1.63. The van der Waals surface area contributed by atoms with Gasteiger partial charge in [-0.05, 0) is 49.7 Å². The molecule has 0 saturated carbocycles. The molecule has 0 atom stereocenters. The van der Waals surface area contributed by atoms with Crippen LogP contribution in [-0.2, 0) is 0 Å². The third kappa shape index (κ3) is 2.42. The topological polar surface area (TPSA) is 38.7 Å². The second-order valence-electron chi connectivity index (χ2n) is 4.58. The molecule has 3 aromatic rings. The zero-order chi connectivity index (χ0) is 13.4. The summed E-state index contributed by atoms with van der Waals surface area (Å²) in [4.78, 5) is 13.3. The van der Waals surface area contributed by atoms with Crippen LogP contribution in [0.5, 0.6) is 0 Å². The highest BCUT2D eigenvalue weighted by Crippen LogP contribution is 2.23. The molecule has 0 N–H and O–H groups in total. The number of pyridine rings is 1. The highest BCUT2D eigenvalue weighted by Gasteiger charge is 2.06. The number of aromatic nitrogens is 3. The molecule has 19 heavy (non-hydrogen) atoms. The molecular formula is C15H12ClN3. The van der Waals surface area contributed by atoms with Crippen LogP contribution in [0.3, 0.4) is 0 Å². The number of nitrogens with zero attached hydrogens (tertiary/aromatic N) is 3. The predicted octanol–water partition coefficient (Wildman–Crippen LogP) is 3.96. The van der Waals surface area contributed by atoms with Crippen LogP contribution in [0, 0.1) is 13.8 Å². The van der Waals surface area contributed by atoms with Gasteiger partial charge in [-0.2, -0.15) is 0 Å². The molecule has 0 amide bonds. The SMILES string of the molecule is Cc1cc(Cl)cc(-c2ncc3ccc(C)nc3n2)c1. The second kappa shape index (κ2) is 4.59. The molecule has 0 radical (unpaired) electrons. The summed E-state index contributed by atoms with van der Waals surface area (Å²) < 4.78 is 0. The zero-order valence-corrected chi connectivity index (χ0v) is 11.4. The first-order chi connectivity index (χ1) is 9.11. The number of fused-ring (bicyclic) bond motifs is 1. The van der Waals surface area contributed by atoms with Crippen LogP contribution >= 0.6 is 11.6 Å². The van der Waals surface area contributed by atoms with E-state index in [0.717, 1.165) is 22.2 Å². The van der Waals surface area contributed by atoms with Gasteiger partial charge in [0.15, 0.2) is 11.5 Å². The average molecular weight is 270 g/mol. The maximum Gasteiger partial charge on any atom is 0.163 e. The first kappa shape index (κ1) is 12.1. The van der Waals surface area contributed by atoms with Crippen LogP contribution in [0.1, 0.15) is 11.3 Å². The van der Waals surface area contributed by atoms with Gasteiger partial charge in [0.05, 0.1) is 0 Å². The van der Waals surface area contributed by atoms with Crippen molar-refractivity contribution < 1.29 is 0 Å². The fourth-order valence-electron chi connectivity index (χ4n) is 2.01. The van der Waals surface area contributed by atoms with Crippen molar-refractivity contribution in [3.8, 4) is 11.4 Å². The average Bonchev–Trinajstić information content (AvgIpc) is 2.36. The minimum atomic E-state index is 0.649. The van der Waals surface area contributed by atoms with E-state index in [2.05, 4.69) is 15.0 Å². The Labute approximate surface area is 116 Å². The van der Waals surface area contributed by atoms with Crippen LogP contribution in [-0.4, -0.2) is 15.0 Å². The van der Waals surface area contributed by atoms with Crippen molar-refractivity contribution in [1.29, 1.82) is 0 Å². The minimum Gasteiger partial charge on any atom is -0.236 e. The van der Waals surface area contributed by atoms with Gasteiger partial charge in [0.25, 0.3) is 0 Å². The van der Waals surface area contributed by atoms with Gasteiger partial charge in [-0.15, -0.1) is 0 Å². The molecule has 4 heteroatoms. The van der Waals surface area contributed by atoms with Crippen LogP contribution in [0.25, 0.3) is 22.4 Å². The molecule has 3 nitrogen and oxygen atoms in total. The summed E-state index contributed by atoms with van der Waals surface area (Å²) in [5.41, 5.74) is 3.65. The molecular weight excluding hydrogens is 258 g/mol. The van der Waals surface area contributed by atoms with Crippen molar-refractivity contribution in [3.05, 3.63) is 52.8 Å². The van der Waals surface area contributed by atoms with E-state index in [9.17, 15) is 0 Å². The molecule has 0 fully saturated rings. The Morgan fingerprint density at radius 2 is 1.84 bits per heavy atom. The third-order valence-electron chi connectivity index (χ3n) is 2.88. The minimum absolute atomic E-state index is 0.649. The van der Waals surface area contributed by atoms with Gasteiger partial charge >= 0.3 is 0 Å². The van der Waals surface area contributed by atoms with Crippen LogP contribution in [0.15, 0.2) is 36.5 Å². The van der Waals surface area contributed by atoms with E-state index in [4.69, 9.17) is 11.6 Å². The Morgan fingerprint density at radius 3 is 2.63 bits per heavy atom. The molecule has 2 heterocycles. The number of halogens is 1. The van der Waals surface area contributed by atoms with Gasteiger partial charge in [-0.3, -0.25) is 0 Å². The smallest absolute Gasteiger partial charge is 0.163 e. The van der Waals surface area contributed by atoms with E-state index >= 15 is 0 Å². The van der Waals surface area contributed by atoms with Crippen molar-refractivity contribution in [1.82, 2.24) is 15.0 Å². The Balaban J connectivity index is 2.19. The fraction of sp³-hybridized carbons (Fsp3) is 0.133. The number of aryl methyl sites for hydroxylation is 2. The first-order valence-electron chi connectivity index (χ1n) is 6.00. The molecule has 0 saturated heterocycles. The lowest BCUT2D eigenvalue weighted by atomic mass is 10.1. The third-order valence-corrected chi connectivity index (χ3v) is 3.10. The second-order valence-corrected chi connectivity index (χ2v) is 5.01. The molecule has 0 unspecified atom stereocenters. The number of hydrogen-bond acceptors (Lipinski definition) is 3. The Kier molecular flexibility index (Phi) is 2.91. The molecule has 3 rings (SSSR count). The fourth-order valence-corrected chi connectivity index (χ4v) is 2.30. The lowest BCUT2D eigenvalue weighted by Gasteiger charge is -2.04. The highest BCUT2D eigenvalue weighted by molar-refractivity contribution is 6.30. The van der Waals surface area contributed by atoms with E-state index < -0.39 is 0 Å². The van der Waals surface area contributed by atoms with Crippen LogP contribution in [0.4, 0.5) is 0 Å². The summed E-state index contributed by atoms with van der Waals surface area (Å²) in [7, 11) is 0. The Bertz CT molecular complexity index is 748. The van der Waals surface area contributed by atoms with Gasteiger partial charge in [0.1, 0.15) is 0 Å². The quantitative estimate of drug-likeness (QED) is 0.671. The molecule has 2 aromatic heterocycles. The standard InChI is InChI=1S/C15H12ClN3/c1-9-5-12(7-13(16)6-9)14-17-8-11-4-3-10(2)18-15(11)19-14/h3-8H,1-2H3. The lowest BCUT2D eigenvalue weighted by Crippen LogP contribution is -1.93. The Morgan fingerprint density at radius 1 is 1.00 bits per heavy atom. The monoisotopic (exact) mass is 269 g/mol. The number of hydrogen-bond donors (Lipinski definition) is 0. The summed E-state index contributed by atoms with van der Waals surface area (Å²) >= 11 is 6.07. The van der Waals surface area contributed by atoms with E-state index in [-0.39, 0.29) is 0 Å². The van der Waals surface area contributed by atoms with Gasteiger partial charge in [0, 0.05) is 27.9 Å². The van der Waals surface area contributed by atoms with Gasteiger partial charge < -0.3 is 0 Å². The molecule has 0 aliphatic heterocycles. The summed E-state index contributed by atoms with van der Waals surface area (Å²) in [5.74, 6) is 0.649. The van der Waals surface area contributed by atoms with Crippen LogP contribution < -0.4 is 0 Å². The molecule has 94 valence electrons. The van der Waals surface area contributed by atoms with Gasteiger partial charge in [-0.1, -0.05) is 11.6 Å². The van der Waals surface area contributed by atoms with E-state index in [1.807, 2.05) is 44.2 Å². The van der Waals surface area contributed by atoms with Crippen molar-refractivity contribution in [2.75, 3.05) is 0 Å². The molecule has 0 bridgehead atoms. The van der Waals surface area contributed by atoms with Crippen molar-refractivity contribution >= 4 is 22.6 Å². The largest absolute Gasteiger partial charge is 0.236 e. The maximum absolute atomic E-state index is 6.07. The van der Waals surface area contributed by atoms with E-state index in [1.165, 1.54) is 0 Å². The summed E-state index contributed by atoms with van der Waals surface area (Å²) in [6.45, 7) is 3.95. The lowest BCUT2D eigenvalue weighted by molar-refractivity contribution is 1.15. The van der Waals surface area contributed by atoms with Crippen molar-refractivity contribution in [2.24, 2.45) is 0 Å². The highest BCUT2D eigenvalue weighted by atomic mass is 35.5. The normalized spacial score (nSPS) is 10.9. The van der Waals surface area contributed by atoms with Crippen LogP contribution in [0.2, 0.25) is 5.02 Å².